The number of alkyl carbamates (subject to hydrolysis) is 2. The number of aromatic nitrogens is 4. The van der Waals surface area contributed by atoms with Crippen LogP contribution in [0, 0.1) is 11.8 Å². The Kier molecular flexibility index (Phi) is 10.9. The van der Waals surface area contributed by atoms with E-state index in [0.717, 1.165) is 48.2 Å². The lowest BCUT2D eigenvalue weighted by Gasteiger charge is -2.30. The van der Waals surface area contributed by atoms with Gasteiger partial charge >= 0.3 is 12.2 Å². The van der Waals surface area contributed by atoms with Gasteiger partial charge in [0.05, 0.1) is 50.1 Å². The fourth-order valence-corrected chi connectivity index (χ4v) is 7.61. The van der Waals surface area contributed by atoms with Crippen molar-refractivity contribution in [2.45, 2.75) is 77.5 Å². The number of amides is 4. The van der Waals surface area contributed by atoms with Gasteiger partial charge in [-0.1, -0.05) is 27.7 Å². The van der Waals surface area contributed by atoms with Gasteiger partial charge in [0.15, 0.2) is 23.0 Å². The van der Waals surface area contributed by atoms with Crippen molar-refractivity contribution in [2.24, 2.45) is 11.8 Å². The van der Waals surface area contributed by atoms with Crippen LogP contribution in [0.15, 0.2) is 48.8 Å². The second kappa shape index (κ2) is 16.0. The first-order valence-electron chi connectivity index (χ1n) is 19.0. The molecule has 0 radical (unpaired) electrons. The minimum Gasteiger partial charge on any atom is -0.453 e. The van der Waals surface area contributed by atoms with E-state index in [1.165, 1.54) is 14.2 Å². The number of carbonyl (C=O) groups is 4. The average molecular weight is 769 g/mol. The van der Waals surface area contributed by atoms with Crippen LogP contribution in [-0.4, -0.2) is 93.1 Å². The molecule has 2 saturated heterocycles. The van der Waals surface area contributed by atoms with Crippen LogP contribution in [-0.2, 0) is 19.1 Å². The largest absolute Gasteiger partial charge is 0.453 e. The standard InChI is InChI=1S/C40H48N8O8/c1-21(2)33(45-39(51)53-5)37(49)47-15-7-9-27(47)35-41-19-25(43-35)23-11-13-29-31(17-23)55-30-14-12-24(18-32(30)56-29)26-20-42-36(44-26)28-10-8-16-48(28)38(50)34(22(3)4)46-40(52)54-6/h11-14,17-22,27-28,33-34H,7-10,15-16H2,1-6H3,(H,41,43)(H,42,44)(H,45,51)(H,46,52)/t27-,28-,33-,34-/m0/s1. The molecule has 4 N–H and O–H groups in total. The number of carbonyl (C=O) groups excluding carboxylic acids is 4. The number of ether oxygens (including phenoxy) is 4. The molecule has 2 fully saturated rings. The predicted octanol–water partition coefficient (Wildman–Crippen LogP) is 6.45. The van der Waals surface area contributed by atoms with Crippen LogP contribution in [0.5, 0.6) is 23.0 Å². The number of hydrogen-bond donors (Lipinski definition) is 4. The van der Waals surface area contributed by atoms with Crippen molar-refractivity contribution in [2.75, 3.05) is 27.3 Å². The van der Waals surface area contributed by atoms with Crippen molar-refractivity contribution in [3.8, 4) is 45.5 Å². The third kappa shape index (κ3) is 7.59. The number of fused-ring (bicyclic) bond motifs is 2. The highest BCUT2D eigenvalue weighted by Gasteiger charge is 2.39. The third-order valence-electron chi connectivity index (χ3n) is 10.6. The minimum absolute atomic E-state index is 0.128. The normalized spacial score (nSPS) is 18.4. The number of methoxy groups -OCH3 is 2. The summed E-state index contributed by atoms with van der Waals surface area (Å²) in [6.45, 7) is 8.67. The molecule has 7 rings (SSSR count). The molecule has 4 atom stereocenters. The second-order valence-corrected chi connectivity index (χ2v) is 15.0. The summed E-state index contributed by atoms with van der Waals surface area (Å²) >= 11 is 0. The zero-order valence-electron chi connectivity index (χ0n) is 32.4. The molecule has 0 spiro atoms. The fourth-order valence-electron chi connectivity index (χ4n) is 7.61. The molecular formula is C40H48N8O8. The van der Waals surface area contributed by atoms with E-state index in [0.29, 0.717) is 47.7 Å². The Hall–Kier alpha value is -6.06. The average Bonchev–Trinajstić information content (AvgIpc) is 4.03. The summed E-state index contributed by atoms with van der Waals surface area (Å²) in [6.07, 6.45) is 5.34. The van der Waals surface area contributed by atoms with Gasteiger partial charge in [-0.05, 0) is 73.9 Å². The third-order valence-corrected chi connectivity index (χ3v) is 10.6. The summed E-state index contributed by atoms with van der Waals surface area (Å²) in [5.74, 6) is 2.94. The molecule has 2 aromatic carbocycles. The van der Waals surface area contributed by atoms with E-state index in [2.05, 4.69) is 30.6 Å². The van der Waals surface area contributed by atoms with Crippen LogP contribution >= 0.6 is 0 Å². The monoisotopic (exact) mass is 768 g/mol. The smallest absolute Gasteiger partial charge is 0.407 e. The van der Waals surface area contributed by atoms with E-state index in [1.54, 1.807) is 22.2 Å². The van der Waals surface area contributed by atoms with Gasteiger partial charge in [-0.15, -0.1) is 0 Å². The van der Waals surface area contributed by atoms with Gasteiger partial charge in [0.2, 0.25) is 11.8 Å². The zero-order chi connectivity index (χ0) is 39.7. The molecule has 0 unspecified atom stereocenters. The first-order valence-corrected chi connectivity index (χ1v) is 19.0. The van der Waals surface area contributed by atoms with Gasteiger partial charge in [0.1, 0.15) is 23.7 Å². The Balaban J connectivity index is 1.03. The molecule has 56 heavy (non-hydrogen) atoms. The first kappa shape index (κ1) is 38.2. The lowest BCUT2D eigenvalue weighted by Crippen LogP contribution is -2.51. The molecular weight excluding hydrogens is 720 g/mol. The molecule has 3 aliphatic heterocycles. The maximum absolute atomic E-state index is 13.6. The van der Waals surface area contributed by atoms with Crippen LogP contribution in [0.2, 0.25) is 0 Å². The summed E-state index contributed by atoms with van der Waals surface area (Å²) in [4.78, 5) is 70.8. The van der Waals surface area contributed by atoms with Crippen molar-refractivity contribution >= 4 is 24.0 Å². The molecule has 3 aliphatic rings. The molecule has 5 heterocycles. The molecule has 2 aromatic heterocycles. The van der Waals surface area contributed by atoms with E-state index in [1.807, 2.05) is 64.1 Å². The lowest BCUT2D eigenvalue weighted by molar-refractivity contribution is -0.136. The van der Waals surface area contributed by atoms with Crippen LogP contribution in [0.25, 0.3) is 22.5 Å². The van der Waals surface area contributed by atoms with Gasteiger partial charge in [0.25, 0.3) is 0 Å². The van der Waals surface area contributed by atoms with Crippen molar-refractivity contribution < 1.29 is 38.1 Å². The molecule has 296 valence electrons. The highest BCUT2D eigenvalue weighted by molar-refractivity contribution is 5.87. The lowest BCUT2D eigenvalue weighted by atomic mass is 10.0. The SMILES string of the molecule is COC(=O)N[C@H](C(=O)N1CCC[C@H]1c1ncc(-c2ccc3c(c2)Oc2ccc(-c4cnc([C@@H]5CCCN5C(=O)[C@@H](NC(=O)OC)C(C)C)[nH]4)cc2O3)[nH]1)C(C)C. The maximum atomic E-state index is 13.6. The fraction of sp³-hybridized carbons (Fsp3) is 0.450. The van der Waals surface area contributed by atoms with Gasteiger partial charge < -0.3 is 49.3 Å². The summed E-state index contributed by atoms with van der Waals surface area (Å²) in [6, 6.07) is 9.35. The van der Waals surface area contributed by atoms with Gasteiger partial charge in [-0.3, -0.25) is 9.59 Å². The summed E-state index contributed by atoms with van der Waals surface area (Å²) in [7, 11) is 2.56. The Morgan fingerprint density at radius 2 is 1.09 bits per heavy atom. The minimum atomic E-state index is -0.715. The highest BCUT2D eigenvalue weighted by atomic mass is 16.6. The number of likely N-dealkylation sites (tertiary alicyclic amines) is 2. The Morgan fingerprint density at radius 3 is 1.46 bits per heavy atom. The highest BCUT2D eigenvalue weighted by Crippen LogP contribution is 2.48. The number of benzene rings is 2. The van der Waals surface area contributed by atoms with Gasteiger partial charge in [-0.2, -0.15) is 0 Å². The van der Waals surface area contributed by atoms with Crippen LogP contribution in [0.4, 0.5) is 9.59 Å². The molecule has 4 amide bonds. The van der Waals surface area contributed by atoms with Crippen molar-refractivity contribution in [3.63, 3.8) is 0 Å². The molecule has 16 heteroatoms. The number of H-pyrrole nitrogens is 2. The Labute approximate surface area is 324 Å². The number of nitrogens with zero attached hydrogens (tertiary/aromatic N) is 4. The number of rotatable bonds is 10. The zero-order valence-corrected chi connectivity index (χ0v) is 32.4. The van der Waals surface area contributed by atoms with E-state index in [4.69, 9.17) is 18.9 Å². The quantitative estimate of drug-likeness (QED) is 0.123. The topological polar surface area (TPSA) is 193 Å². The second-order valence-electron chi connectivity index (χ2n) is 15.0. The van der Waals surface area contributed by atoms with E-state index in [9.17, 15) is 19.2 Å². The van der Waals surface area contributed by atoms with Crippen molar-refractivity contribution in [1.82, 2.24) is 40.4 Å². The molecule has 0 bridgehead atoms. The van der Waals surface area contributed by atoms with Crippen LogP contribution < -0.4 is 20.1 Å². The van der Waals surface area contributed by atoms with E-state index >= 15 is 0 Å². The number of aromatic amines is 2. The van der Waals surface area contributed by atoms with Crippen LogP contribution in [0.1, 0.15) is 77.1 Å². The molecule has 0 aliphatic carbocycles. The van der Waals surface area contributed by atoms with Crippen molar-refractivity contribution in [1.29, 1.82) is 0 Å². The summed E-state index contributed by atoms with van der Waals surface area (Å²) in [5.41, 5.74) is 3.19. The number of nitrogens with one attached hydrogen (secondary N) is 4. The molecule has 16 nitrogen and oxygen atoms in total. The maximum Gasteiger partial charge on any atom is 0.407 e. The first-order chi connectivity index (χ1) is 26.9. The number of hydrogen-bond acceptors (Lipinski definition) is 10. The molecule has 4 aromatic rings. The van der Waals surface area contributed by atoms with E-state index < -0.39 is 24.3 Å². The van der Waals surface area contributed by atoms with Crippen molar-refractivity contribution in [3.05, 3.63) is 60.4 Å². The van der Waals surface area contributed by atoms with E-state index in [-0.39, 0.29) is 35.7 Å². The Morgan fingerprint density at radius 1 is 0.679 bits per heavy atom. The van der Waals surface area contributed by atoms with Gasteiger partial charge in [-0.25, -0.2) is 19.6 Å². The molecule has 0 saturated carbocycles. The van der Waals surface area contributed by atoms with Gasteiger partial charge in [0, 0.05) is 24.2 Å². The van der Waals surface area contributed by atoms with Crippen LogP contribution in [0.3, 0.4) is 0 Å². The summed E-state index contributed by atoms with van der Waals surface area (Å²) in [5, 5.41) is 5.37. The predicted molar refractivity (Wildman–Crippen MR) is 204 cm³/mol. The number of imidazole rings is 2. The summed E-state index contributed by atoms with van der Waals surface area (Å²) < 4.78 is 22.1. The Bertz CT molecular complexity index is 1960.